The van der Waals surface area contributed by atoms with E-state index in [0.29, 0.717) is 16.7 Å². The molecule has 0 unspecified atom stereocenters. The molecule has 2 heterocycles. The maximum absolute atomic E-state index is 12.2. The number of thioether (sulfide) groups is 1. The van der Waals surface area contributed by atoms with Crippen LogP contribution < -0.4 is 5.32 Å². The Hall–Kier alpha value is -2.54. The van der Waals surface area contributed by atoms with E-state index in [4.69, 9.17) is 4.42 Å². The number of rotatable bonds is 7. The lowest BCUT2D eigenvalue weighted by atomic mass is 10.2. The van der Waals surface area contributed by atoms with E-state index in [1.54, 1.807) is 6.26 Å². The molecule has 2 aromatic heterocycles. The molecule has 1 atom stereocenters. The molecular weight excluding hydrogens is 360 g/mol. The van der Waals surface area contributed by atoms with Crippen LogP contribution in [0.15, 0.2) is 46.2 Å². The number of furan rings is 1. The zero-order valence-electron chi connectivity index (χ0n) is 16.0. The molecule has 0 spiro atoms. The lowest BCUT2D eigenvalue weighted by molar-refractivity contribution is -0.119. The van der Waals surface area contributed by atoms with E-state index in [1.165, 1.54) is 11.8 Å². The number of benzene rings is 1. The predicted molar refractivity (Wildman–Crippen MR) is 107 cm³/mol. The standard InChI is InChI=1S/C20H24N4O2S/c1-5-14(3)21-18(25)12-27-20-23-22-19(17-9-10-26-15(17)4)24(20)16-8-6-7-13(2)11-16/h6-11,14H,5,12H2,1-4H3,(H,21,25)/t14-/m1/s1. The van der Waals surface area contributed by atoms with Gasteiger partial charge in [-0.15, -0.1) is 10.2 Å². The summed E-state index contributed by atoms with van der Waals surface area (Å²) in [5, 5.41) is 12.4. The van der Waals surface area contributed by atoms with Gasteiger partial charge in [-0.05, 0) is 51.0 Å². The van der Waals surface area contributed by atoms with E-state index in [-0.39, 0.29) is 11.9 Å². The Morgan fingerprint density at radius 3 is 2.78 bits per heavy atom. The van der Waals surface area contributed by atoms with Crippen LogP contribution in [0.1, 0.15) is 31.6 Å². The van der Waals surface area contributed by atoms with E-state index < -0.39 is 0 Å². The maximum Gasteiger partial charge on any atom is 0.230 e. The molecule has 27 heavy (non-hydrogen) atoms. The Morgan fingerprint density at radius 1 is 1.30 bits per heavy atom. The number of nitrogens with zero attached hydrogens (tertiary/aromatic N) is 3. The average Bonchev–Trinajstić information content (AvgIpc) is 3.25. The van der Waals surface area contributed by atoms with Crippen LogP contribution >= 0.6 is 11.8 Å². The molecule has 0 aliphatic heterocycles. The molecule has 7 heteroatoms. The minimum atomic E-state index is -0.00539. The van der Waals surface area contributed by atoms with Gasteiger partial charge in [0.05, 0.1) is 17.6 Å². The summed E-state index contributed by atoms with van der Waals surface area (Å²) in [6.45, 7) is 7.99. The number of hydrogen-bond donors (Lipinski definition) is 1. The first kappa shape index (κ1) is 19.2. The highest BCUT2D eigenvalue weighted by molar-refractivity contribution is 7.99. The summed E-state index contributed by atoms with van der Waals surface area (Å²) in [5.74, 6) is 1.77. The van der Waals surface area contributed by atoms with Gasteiger partial charge in [0.15, 0.2) is 11.0 Å². The lowest BCUT2D eigenvalue weighted by Crippen LogP contribution is -2.33. The van der Waals surface area contributed by atoms with Gasteiger partial charge in [-0.3, -0.25) is 9.36 Å². The highest BCUT2D eigenvalue weighted by Gasteiger charge is 2.20. The van der Waals surface area contributed by atoms with Crippen molar-refractivity contribution in [3.63, 3.8) is 0 Å². The topological polar surface area (TPSA) is 73.0 Å². The number of aromatic nitrogens is 3. The molecule has 0 fully saturated rings. The second kappa shape index (κ2) is 8.43. The number of carbonyl (C=O) groups excluding carboxylic acids is 1. The number of nitrogens with one attached hydrogen (secondary N) is 1. The van der Waals surface area contributed by atoms with Crippen molar-refractivity contribution in [2.45, 2.75) is 45.3 Å². The van der Waals surface area contributed by atoms with Crippen molar-refractivity contribution < 1.29 is 9.21 Å². The monoisotopic (exact) mass is 384 g/mol. The largest absolute Gasteiger partial charge is 0.469 e. The normalized spacial score (nSPS) is 12.1. The summed E-state index contributed by atoms with van der Waals surface area (Å²) in [7, 11) is 0. The van der Waals surface area contributed by atoms with E-state index >= 15 is 0 Å². The van der Waals surface area contributed by atoms with Gasteiger partial charge in [-0.25, -0.2) is 0 Å². The number of carbonyl (C=O) groups is 1. The Morgan fingerprint density at radius 2 is 2.11 bits per heavy atom. The van der Waals surface area contributed by atoms with Crippen LogP contribution in [0.4, 0.5) is 0 Å². The van der Waals surface area contributed by atoms with Crippen molar-refractivity contribution >= 4 is 17.7 Å². The molecule has 1 aromatic carbocycles. The van der Waals surface area contributed by atoms with Gasteiger partial charge in [0, 0.05) is 11.7 Å². The fourth-order valence-electron chi connectivity index (χ4n) is 2.70. The second-order valence-corrected chi connectivity index (χ2v) is 7.48. The third-order valence-electron chi connectivity index (χ3n) is 4.35. The molecule has 0 radical (unpaired) electrons. The number of amides is 1. The van der Waals surface area contributed by atoms with Gasteiger partial charge < -0.3 is 9.73 Å². The van der Waals surface area contributed by atoms with Crippen LogP contribution in [0.2, 0.25) is 0 Å². The van der Waals surface area contributed by atoms with Gasteiger partial charge in [-0.1, -0.05) is 30.8 Å². The molecule has 142 valence electrons. The van der Waals surface area contributed by atoms with Crippen LogP contribution in [0.25, 0.3) is 17.1 Å². The zero-order chi connectivity index (χ0) is 19.4. The summed E-state index contributed by atoms with van der Waals surface area (Å²) in [6, 6.07) is 10.2. The minimum Gasteiger partial charge on any atom is -0.469 e. The van der Waals surface area contributed by atoms with Gasteiger partial charge in [-0.2, -0.15) is 0 Å². The van der Waals surface area contributed by atoms with E-state index in [0.717, 1.165) is 29.0 Å². The summed E-state index contributed by atoms with van der Waals surface area (Å²) in [6.07, 6.45) is 2.55. The zero-order valence-corrected chi connectivity index (χ0v) is 16.8. The fourth-order valence-corrected chi connectivity index (χ4v) is 3.47. The predicted octanol–water partition coefficient (Wildman–Crippen LogP) is 4.15. The Balaban J connectivity index is 1.94. The Labute approximate surface area is 163 Å². The first-order valence-corrected chi connectivity index (χ1v) is 9.97. The Kier molecular flexibility index (Phi) is 6.01. The van der Waals surface area contributed by atoms with E-state index in [9.17, 15) is 4.79 Å². The van der Waals surface area contributed by atoms with Crippen molar-refractivity contribution in [1.29, 1.82) is 0 Å². The van der Waals surface area contributed by atoms with Crippen molar-refractivity contribution in [1.82, 2.24) is 20.1 Å². The molecule has 1 N–H and O–H groups in total. The smallest absolute Gasteiger partial charge is 0.230 e. The average molecular weight is 385 g/mol. The summed E-state index contributed by atoms with van der Waals surface area (Å²) in [5.41, 5.74) is 2.99. The van der Waals surface area contributed by atoms with Gasteiger partial charge in [0.2, 0.25) is 5.91 Å². The van der Waals surface area contributed by atoms with Crippen LogP contribution in [-0.4, -0.2) is 32.5 Å². The molecule has 0 aliphatic carbocycles. The van der Waals surface area contributed by atoms with Crippen LogP contribution in [0, 0.1) is 13.8 Å². The Bertz CT molecular complexity index is 932. The maximum atomic E-state index is 12.2. The quantitative estimate of drug-likeness (QED) is 0.620. The van der Waals surface area contributed by atoms with Crippen molar-refractivity contribution in [2.75, 3.05) is 5.75 Å². The van der Waals surface area contributed by atoms with Gasteiger partial charge >= 0.3 is 0 Å². The summed E-state index contributed by atoms with van der Waals surface area (Å²) >= 11 is 1.38. The van der Waals surface area contributed by atoms with Crippen LogP contribution in [0.3, 0.4) is 0 Å². The van der Waals surface area contributed by atoms with Gasteiger partial charge in [0.1, 0.15) is 5.76 Å². The SMILES string of the molecule is CC[C@@H](C)NC(=O)CSc1nnc(-c2ccoc2C)n1-c1cccc(C)c1. The van der Waals surface area contributed by atoms with E-state index in [1.807, 2.05) is 56.5 Å². The summed E-state index contributed by atoms with van der Waals surface area (Å²) in [4.78, 5) is 12.2. The van der Waals surface area contributed by atoms with Crippen molar-refractivity contribution in [3.8, 4) is 17.1 Å². The highest BCUT2D eigenvalue weighted by atomic mass is 32.2. The second-order valence-electron chi connectivity index (χ2n) is 6.54. The van der Waals surface area contributed by atoms with Crippen LogP contribution in [-0.2, 0) is 4.79 Å². The molecule has 0 aliphatic rings. The first-order chi connectivity index (χ1) is 13.0. The van der Waals surface area contributed by atoms with Crippen molar-refractivity contribution in [2.24, 2.45) is 0 Å². The minimum absolute atomic E-state index is 0.00539. The molecule has 3 aromatic rings. The third-order valence-corrected chi connectivity index (χ3v) is 5.27. The molecular formula is C20H24N4O2S. The highest BCUT2D eigenvalue weighted by Crippen LogP contribution is 2.30. The molecule has 0 bridgehead atoms. The lowest BCUT2D eigenvalue weighted by Gasteiger charge is -2.12. The molecule has 6 nitrogen and oxygen atoms in total. The molecule has 0 saturated carbocycles. The van der Waals surface area contributed by atoms with E-state index in [2.05, 4.69) is 21.6 Å². The third kappa shape index (κ3) is 4.42. The molecule has 0 saturated heterocycles. The molecule has 1 amide bonds. The fraction of sp³-hybridized carbons (Fsp3) is 0.350. The molecule has 3 rings (SSSR count). The number of aryl methyl sites for hydroxylation is 2. The van der Waals surface area contributed by atoms with Gasteiger partial charge in [0.25, 0.3) is 0 Å². The van der Waals surface area contributed by atoms with Crippen molar-refractivity contribution in [3.05, 3.63) is 47.9 Å². The number of hydrogen-bond acceptors (Lipinski definition) is 5. The van der Waals surface area contributed by atoms with Crippen LogP contribution in [0.5, 0.6) is 0 Å². The summed E-state index contributed by atoms with van der Waals surface area (Å²) < 4.78 is 7.42. The first-order valence-electron chi connectivity index (χ1n) is 8.98.